The molecule has 6 nitrogen and oxygen atoms in total. The van der Waals surface area contributed by atoms with E-state index in [1.165, 1.54) is 0 Å². The van der Waals surface area contributed by atoms with Crippen molar-refractivity contribution in [2.45, 2.75) is 6.92 Å². The number of anilines is 3. The Kier molecular flexibility index (Phi) is 5.07. The molecule has 6 heteroatoms. The number of para-hydroxylation sites is 1. The molecule has 0 unspecified atom stereocenters. The van der Waals surface area contributed by atoms with E-state index < -0.39 is 0 Å². The maximum absolute atomic E-state index is 9.10. The van der Waals surface area contributed by atoms with Crippen LogP contribution in [0.5, 0.6) is 0 Å². The molecule has 1 aromatic heterocycles. The highest BCUT2D eigenvalue weighted by atomic mass is 16.5. The summed E-state index contributed by atoms with van der Waals surface area (Å²) in [7, 11) is 1.64. The minimum Gasteiger partial charge on any atom is -0.383 e. The second-order valence-electron chi connectivity index (χ2n) is 4.42. The number of rotatable bonds is 6. The molecule has 0 saturated heterocycles. The number of benzene rings is 1. The lowest BCUT2D eigenvalue weighted by molar-refractivity contribution is 0.210. The molecule has 2 N–H and O–H groups in total. The fraction of sp³-hybridized carbons (Fsp3) is 0.267. The van der Waals surface area contributed by atoms with Gasteiger partial charge in [-0.05, 0) is 19.1 Å². The third-order valence-electron chi connectivity index (χ3n) is 2.75. The summed E-state index contributed by atoms with van der Waals surface area (Å²) in [5, 5.41) is 15.3. The van der Waals surface area contributed by atoms with Gasteiger partial charge in [-0.25, -0.2) is 4.98 Å². The summed E-state index contributed by atoms with van der Waals surface area (Å²) in [6.45, 7) is 3.11. The first-order valence-corrected chi connectivity index (χ1v) is 6.57. The lowest BCUT2D eigenvalue weighted by atomic mass is 10.2. The summed E-state index contributed by atoms with van der Waals surface area (Å²) in [6.07, 6.45) is 0. The molecular formula is C15H17N5O. The van der Waals surface area contributed by atoms with E-state index in [0.717, 1.165) is 11.4 Å². The van der Waals surface area contributed by atoms with Crippen molar-refractivity contribution in [3.05, 3.63) is 41.6 Å². The molecule has 1 aromatic carbocycles. The lowest BCUT2D eigenvalue weighted by Crippen LogP contribution is -2.11. The van der Waals surface area contributed by atoms with Gasteiger partial charge in [-0.1, -0.05) is 12.1 Å². The summed E-state index contributed by atoms with van der Waals surface area (Å²) < 4.78 is 4.98. The quantitative estimate of drug-likeness (QED) is 0.792. The number of aryl methyl sites for hydroxylation is 1. The summed E-state index contributed by atoms with van der Waals surface area (Å²) in [5.41, 5.74) is 2.13. The highest BCUT2D eigenvalue weighted by Crippen LogP contribution is 2.20. The fourth-order valence-electron chi connectivity index (χ4n) is 1.80. The third kappa shape index (κ3) is 4.16. The Balaban J connectivity index is 2.18. The first-order valence-electron chi connectivity index (χ1n) is 6.57. The minimum atomic E-state index is 0.531. The largest absolute Gasteiger partial charge is 0.383 e. The number of nitrogens with one attached hydrogen (secondary N) is 2. The average Bonchev–Trinajstić information content (AvgIpc) is 2.47. The Bertz CT molecular complexity index is 651. The van der Waals surface area contributed by atoms with Gasteiger partial charge in [0.1, 0.15) is 11.9 Å². The van der Waals surface area contributed by atoms with Crippen LogP contribution < -0.4 is 10.6 Å². The second kappa shape index (κ2) is 7.22. The molecule has 0 saturated carbocycles. The maximum atomic E-state index is 9.10. The first-order chi connectivity index (χ1) is 10.2. The van der Waals surface area contributed by atoms with Gasteiger partial charge in [-0.15, -0.1) is 0 Å². The molecule has 0 fully saturated rings. The molecule has 0 radical (unpaired) electrons. The summed E-state index contributed by atoms with van der Waals surface area (Å²) >= 11 is 0. The van der Waals surface area contributed by atoms with Crippen LogP contribution in [0.1, 0.15) is 11.3 Å². The molecule has 1 heterocycles. The van der Waals surface area contributed by atoms with Crippen molar-refractivity contribution in [3.8, 4) is 6.07 Å². The Morgan fingerprint density at radius 2 is 2.10 bits per heavy atom. The molecule has 0 atom stereocenters. The topological polar surface area (TPSA) is 82.9 Å². The van der Waals surface area contributed by atoms with Crippen molar-refractivity contribution in [1.82, 2.24) is 9.97 Å². The van der Waals surface area contributed by atoms with Gasteiger partial charge in [-0.2, -0.15) is 10.2 Å². The van der Waals surface area contributed by atoms with Crippen LogP contribution in [-0.2, 0) is 4.74 Å². The van der Waals surface area contributed by atoms with Gasteiger partial charge in [0.2, 0.25) is 5.95 Å². The maximum Gasteiger partial charge on any atom is 0.224 e. The zero-order valence-electron chi connectivity index (χ0n) is 12.1. The molecule has 0 amide bonds. The highest BCUT2D eigenvalue weighted by molar-refractivity contribution is 5.64. The molecule has 0 aliphatic carbocycles. The lowest BCUT2D eigenvalue weighted by Gasteiger charge is -2.10. The minimum absolute atomic E-state index is 0.531. The number of ether oxygens (including phenoxy) is 1. The molecular weight excluding hydrogens is 266 g/mol. The van der Waals surface area contributed by atoms with Gasteiger partial charge in [0.15, 0.2) is 0 Å². The molecule has 2 rings (SSSR count). The van der Waals surface area contributed by atoms with Crippen LogP contribution in [0.15, 0.2) is 30.3 Å². The number of aromatic nitrogens is 2. The number of methoxy groups -OCH3 is 1. The van der Waals surface area contributed by atoms with E-state index >= 15 is 0 Å². The van der Waals surface area contributed by atoms with Crippen molar-refractivity contribution in [1.29, 1.82) is 5.26 Å². The second-order valence-corrected chi connectivity index (χ2v) is 4.42. The molecule has 2 aromatic rings. The molecule has 0 aliphatic rings. The van der Waals surface area contributed by atoms with Crippen LogP contribution in [0.4, 0.5) is 17.5 Å². The number of hydrogen-bond acceptors (Lipinski definition) is 6. The van der Waals surface area contributed by atoms with Gasteiger partial charge in [0, 0.05) is 25.4 Å². The molecule has 108 valence electrons. The predicted octanol–water partition coefficient (Wildman–Crippen LogP) is 2.46. The third-order valence-corrected chi connectivity index (χ3v) is 2.75. The van der Waals surface area contributed by atoms with Crippen molar-refractivity contribution in [2.24, 2.45) is 0 Å². The van der Waals surface area contributed by atoms with E-state index in [2.05, 4.69) is 26.7 Å². The predicted molar refractivity (Wildman–Crippen MR) is 81.6 cm³/mol. The van der Waals surface area contributed by atoms with Gasteiger partial charge in [0.25, 0.3) is 0 Å². The summed E-state index contributed by atoms with van der Waals surface area (Å²) in [4.78, 5) is 8.68. The SMILES string of the molecule is COCCNc1nc(C)cc(Nc2ccccc2C#N)n1. The van der Waals surface area contributed by atoms with Gasteiger partial charge < -0.3 is 15.4 Å². The van der Waals surface area contributed by atoms with Crippen LogP contribution >= 0.6 is 0 Å². The zero-order valence-corrected chi connectivity index (χ0v) is 12.1. The molecule has 0 aliphatic heterocycles. The van der Waals surface area contributed by atoms with Crippen LogP contribution in [0.25, 0.3) is 0 Å². The van der Waals surface area contributed by atoms with E-state index in [4.69, 9.17) is 10.00 Å². The van der Waals surface area contributed by atoms with Crippen molar-refractivity contribution < 1.29 is 4.74 Å². The van der Waals surface area contributed by atoms with E-state index in [-0.39, 0.29) is 0 Å². The highest BCUT2D eigenvalue weighted by Gasteiger charge is 2.05. The summed E-state index contributed by atoms with van der Waals surface area (Å²) in [6, 6.07) is 11.3. The molecule has 21 heavy (non-hydrogen) atoms. The van der Waals surface area contributed by atoms with Crippen LogP contribution in [0.2, 0.25) is 0 Å². The average molecular weight is 283 g/mol. The fourth-order valence-corrected chi connectivity index (χ4v) is 1.80. The number of nitrogens with zero attached hydrogens (tertiary/aromatic N) is 3. The molecule has 0 bridgehead atoms. The van der Waals surface area contributed by atoms with E-state index in [9.17, 15) is 0 Å². The van der Waals surface area contributed by atoms with Crippen molar-refractivity contribution >= 4 is 17.5 Å². The van der Waals surface area contributed by atoms with Gasteiger partial charge in [-0.3, -0.25) is 0 Å². The monoisotopic (exact) mass is 283 g/mol. The van der Waals surface area contributed by atoms with Crippen LogP contribution in [0.3, 0.4) is 0 Å². The standard InChI is InChI=1S/C15H17N5O/c1-11-9-14(20-15(18-11)17-7-8-21-2)19-13-6-4-3-5-12(13)10-16/h3-6,9H,7-8H2,1-2H3,(H2,17,18,19,20). The van der Waals surface area contributed by atoms with E-state index in [0.29, 0.717) is 30.5 Å². The number of nitriles is 1. The Labute approximate surface area is 123 Å². The van der Waals surface area contributed by atoms with Crippen LogP contribution in [0, 0.1) is 18.3 Å². The Hall–Kier alpha value is -2.65. The molecule has 0 spiro atoms. The zero-order chi connectivity index (χ0) is 15.1. The van der Waals surface area contributed by atoms with Gasteiger partial charge in [0.05, 0.1) is 17.9 Å². The smallest absolute Gasteiger partial charge is 0.224 e. The number of hydrogen-bond donors (Lipinski definition) is 2. The van der Waals surface area contributed by atoms with Crippen molar-refractivity contribution in [2.75, 3.05) is 30.9 Å². The first kappa shape index (κ1) is 14.8. The summed E-state index contributed by atoms with van der Waals surface area (Å²) in [5.74, 6) is 1.18. The van der Waals surface area contributed by atoms with Crippen LogP contribution in [-0.4, -0.2) is 30.2 Å². The van der Waals surface area contributed by atoms with E-state index in [1.54, 1.807) is 13.2 Å². The Morgan fingerprint density at radius 3 is 2.86 bits per heavy atom. The Morgan fingerprint density at radius 1 is 1.29 bits per heavy atom. The van der Waals surface area contributed by atoms with E-state index in [1.807, 2.05) is 31.2 Å². The van der Waals surface area contributed by atoms with Crippen molar-refractivity contribution in [3.63, 3.8) is 0 Å². The van der Waals surface area contributed by atoms with Gasteiger partial charge >= 0.3 is 0 Å². The normalized spacial score (nSPS) is 9.95.